The molecule has 0 unspecified atom stereocenters. The largest absolute Gasteiger partial charge is 0.412 e. The molecular weight excluding hydrogens is 166 g/mol. The highest BCUT2D eigenvalue weighted by Gasteiger charge is 1.94. The van der Waals surface area contributed by atoms with E-state index in [0.29, 0.717) is 0 Å². The summed E-state index contributed by atoms with van der Waals surface area (Å²) in [4.78, 5) is 2.38. The lowest BCUT2D eigenvalue weighted by molar-refractivity contribution is 0.198. The Morgan fingerprint density at radius 1 is 0.923 bits per heavy atom. The Bertz CT molecular complexity index is 67.9. The standard InChI is InChI=1S/C6H15N.C4H8O.H2O/c1-4-7(5-2)6-3;1-2-4-5-3-1;/h4-6H2,1-3H3;1-4H2;1H2. The van der Waals surface area contributed by atoms with Gasteiger partial charge in [0.1, 0.15) is 0 Å². The molecule has 0 amide bonds. The van der Waals surface area contributed by atoms with Crippen molar-refractivity contribution in [1.82, 2.24) is 4.90 Å². The molecule has 0 radical (unpaired) electrons. The molecule has 13 heavy (non-hydrogen) atoms. The van der Waals surface area contributed by atoms with Gasteiger partial charge in [0.15, 0.2) is 0 Å². The molecule has 0 aromatic rings. The summed E-state index contributed by atoms with van der Waals surface area (Å²) in [5.41, 5.74) is 0. The number of rotatable bonds is 3. The molecule has 1 aliphatic heterocycles. The van der Waals surface area contributed by atoms with Crippen LogP contribution in [0, 0.1) is 0 Å². The zero-order valence-electron chi connectivity index (χ0n) is 9.31. The summed E-state index contributed by atoms with van der Waals surface area (Å²) in [5, 5.41) is 0. The van der Waals surface area contributed by atoms with E-state index in [1.54, 1.807) is 0 Å². The van der Waals surface area contributed by atoms with E-state index in [2.05, 4.69) is 25.7 Å². The molecule has 1 rings (SSSR count). The molecule has 0 aromatic carbocycles. The first-order valence-corrected chi connectivity index (χ1v) is 5.15. The van der Waals surface area contributed by atoms with Crippen molar-refractivity contribution in [2.75, 3.05) is 32.8 Å². The Kier molecular flexibility index (Phi) is 14.0. The molecular formula is C10H25NO2. The highest BCUT2D eigenvalue weighted by atomic mass is 16.5. The van der Waals surface area contributed by atoms with Crippen molar-refractivity contribution in [3.8, 4) is 0 Å². The molecule has 3 nitrogen and oxygen atoms in total. The highest BCUT2D eigenvalue weighted by molar-refractivity contribution is 4.44. The van der Waals surface area contributed by atoms with Crippen LogP contribution in [0.1, 0.15) is 33.6 Å². The molecule has 1 saturated heterocycles. The van der Waals surface area contributed by atoms with Crippen LogP contribution >= 0.6 is 0 Å². The van der Waals surface area contributed by atoms with Crippen molar-refractivity contribution in [2.45, 2.75) is 33.6 Å². The lowest BCUT2D eigenvalue weighted by Crippen LogP contribution is -2.21. The summed E-state index contributed by atoms with van der Waals surface area (Å²) < 4.78 is 4.94. The van der Waals surface area contributed by atoms with Crippen LogP contribution in [0.5, 0.6) is 0 Å². The maximum atomic E-state index is 4.94. The van der Waals surface area contributed by atoms with Crippen LogP contribution in [-0.2, 0) is 4.74 Å². The van der Waals surface area contributed by atoms with Crippen LogP contribution in [0.3, 0.4) is 0 Å². The van der Waals surface area contributed by atoms with Gasteiger partial charge in [0, 0.05) is 13.2 Å². The second-order valence-corrected chi connectivity index (χ2v) is 2.94. The maximum Gasteiger partial charge on any atom is 0.0466 e. The smallest absolute Gasteiger partial charge is 0.0466 e. The van der Waals surface area contributed by atoms with Crippen molar-refractivity contribution in [3.05, 3.63) is 0 Å². The molecule has 0 aliphatic carbocycles. The Balaban J connectivity index is 0. The number of hydrogen-bond acceptors (Lipinski definition) is 2. The van der Waals surface area contributed by atoms with E-state index in [4.69, 9.17) is 4.74 Å². The molecule has 82 valence electrons. The highest BCUT2D eigenvalue weighted by Crippen LogP contribution is 1.98. The van der Waals surface area contributed by atoms with E-state index in [9.17, 15) is 0 Å². The first-order chi connectivity index (χ1) is 5.85. The number of hydrogen-bond donors (Lipinski definition) is 0. The zero-order valence-corrected chi connectivity index (χ0v) is 9.31. The van der Waals surface area contributed by atoms with Crippen molar-refractivity contribution >= 4 is 0 Å². The average molecular weight is 191 g/mol. The molecule has 0 bridgehead atoms. The summed E-state index contributed by atoms with van der Waals surface area (Å²) >= 11 is 0. The third kappa shape index (κ3) is 9.80. The Hall–Kier alpha value is -0.120. The molecule has 0 spiro atoms. The molecule has 1 heterocycles. The molecule has 0 aromatic heterocycles. The van der Waals surface area contributed by atoms with Crippen LogP contribution in [0.2, 0.25) is 0 Å². The summed E-state index contributed by atoms with van der Waals surface area (Å²) in [6.07, 6.45) is 2.56. The van der Waals surface area contributed by atoms with Gasteiger partial charge in [-0.05, 0) is 32.5 Å². The summed E-state index contributed by atoms with van der Waals surface area (Å²) in [7, 11) is 0. The normalized spacial score (nSPS) is 14.8. The minimum absolute atomic E-state index is 0. The molecule has 0 atom stereocenters. The lowest BCUT2D eigenvalue weighted by Gasteiger charge is -2.13. The predicted octanol–water partition coefficient (Wildman–Crippen LogP) is 1.32. The second kappa shape index (κ2) is 11.9. The van der Waals surface area contributed by atoms with E-state index < -0.39 is 0 Å². The SMILES string of the molecule is C1CCOC1.CCN(CC)CC.O. The zero-order chi connectivity index (χ0) is 9.23. The van der Waals surface area contributed by atoms with Gasteiger partial charge in [0.25, 0.3) is 0 Å². The van der Waals surface area contributed by atoms with Crippen LogP contribution < -0.4 is 0 Å². The Morgan fingerprint density at radius 2 is 1.31 bits per heavy atom. The Labute approximate surface area is 82.4 Å². The van der Waals surface area contributed by atoms with E-state index in [0.717, 1.165) is 13.2 Å². The molecule has 1 fully saturated rings. The van der Waals surface area contributed by atoms with Gasteiger partial charge >= 0.3 is 0 Å². The summed E-state index contributed by atoms with van der Waals surface area (Å²) in [5.74, 6) is 0. The molecule has 3 heteroatoms. The quantitative estimate of drug-likeness (QED) is 0.675. The first kappa shape index (κ1) is 15.4. The second-order valence-electron chi connectivity index (χ2n) is 2.94. The van der Waals surface area contributed by atoms with E-state index in [-0.39, 0.29) is 5.48 Å². The van der Waals surface area contributed by atoms with Crippen LogP contribution in [-0.4, -0.2) is 43.2 Å². The van der Waals surface area contributed by atoms with Gasteiger partial charge in [0.2, 0.25) is 0 Å². The van der Waals surface area contributed by atoms with Gasteiger partial charge in [-0.3, -0.25) is 0 Å². The van der Waals surface area contributed by atoms with Gasteiger partial charge in [-0.2, -0.15) is 0 Å². The van der Waals surface area contributed by atoms with Gasteiger partial charge in [-0.1, -0.05) is 20.8 Å². The average Bonchev–Trinajstić information content (AvgIpc) is 2.64. The van der Waals surface area contributed by atoms with E-state index in [1.165, 1.54) is 32.5 Å². The molecule has 0 saturated carbocycles. The monoisotopic (exact) mass is 191 g/mol. The van der Waals surface area contributed by atoms with E-state index in [1.807, 2.05) is 0 Å². The minimum atomic E-state index is 0. The fraction of sp³-hybridized carbons (Fsp3) is 1.00. The van der Waals surface area contributed by atoms with Gasteiger partial charge < -0.3 is 15.1 Å². The number of ether oxygens (including phenoxy) is 1. The van der Waals surface area contributed by atoms with Crippen molar-refractivity contribution in [1.29, 1.82) is 0 Å². The van der Waals surface area contributed by atoms with Crippen LogP contribution in [0.15, 0.2) is 0 Å². The molecule has 1 aliphatic rings. The fourth-order valence-electron chi connectivity index (χ4n) is 1.18. The van der Waals surface area contributed by atoms with Crippen molar-refractivity contribution < 1.29 is 10.2 Å². The summed E-state index contributed by atoms with van der Waals surface area (Å²) in [6.45, 7) is 12.1. The van der Waals surface area contributed by atoms with E-state index >= 15 is 0 Å². The van der Waals surface area contributed by atoms with Crippen LogP contribution in [0.4, 0.5) is 0 Å². The van der Waals surface area contributed by atoms with Crippen molar-refractivity contribution in [3.63, 3.8) is 0 Å². The third-order valence-corrected chi connectivity index (χ3v) is 2.17. The Morgan fingerprint density at radius 3 is 1.38 bits per heavy atom. The number of nitrogens with zero attached hydrogens (tertiary/aromatic N) is 1. The third-order valence-electron chi connectivity index (χ3n) is 2.17. The fourth-order valence-corrected chi connectivity index (χ4v) is 1.18. The van der Waals surface area contributed by atoms with Crippen molar-refractivity contribution in [2.24, 2.45) is 0 Å². The lowest BCUT2D eigenvalue weighted by atomic mass is 10.4. The summed E-state index contributed by atoms with van der Waals surface area (Å²) in [6, 6.07) is 0. The minimum Gasteiger partial charge on any atom is -0.412 e. The van der Waals surface area contributed by atoms with Gasteiger partial charge in [-0.15, -0.1) is 0 Å². The molecule has 2 N–H and O–H groups in total. The van der Waals surface area contributed by atoms with Gasteiger partial charge in [0.05, 0.1) is 0 Å². The van der Waals surface area contributed by atoms with Crippen LogP contribution in [0.25, 0.3) is 0 Å². The van der Waals surface area contributed by atoms with Gasteiger partial charge in [-0.25, -0.2) is 0 Å². The topological polar surface area (TPSA) is 44.0 Å². The maximum absolute atomic E-state index is 4.94. The first-order valence-electron chi connectivity index (χ1n) is 5.15. The predicted molar refractivity (Wildman–Crippen MR) is 57.1 cm³/mol.